The van der Waals surface area contributed by atoms with E-state index in [9.17, 15) is 19.2 Å². The molecule has 0 saturated heterocycles. The summed E-state index contributed by atoms with van der Waals surface area (Å²) >= 11 is 0. The minimum Gasteiger partial charge on any atom is -0.368 e. The molecule has 1 heterocycles. The van der Waals surface area contributed by atoms with Gasteiger partial charge >= 0.3 is 0 Å². The van der Waals surface area contributed by atoms with E-state index in [4.69, 9.17) is 5.73 Å². The molecule has 0 spiro atoms. The van der Waals surface area contributed by atoms with Crippen LogP contribution in [0.25, 0.3) is 10.9 Å². The Kier molecular flexibility index (Phi) is 8.02. The van der Waals surface area contributed by atoms with Gasteiger partial charge < -0.3 is 26.7 Å². The van der Waals surface area contributed by atoms with E-state index >= 15 is 0 Å². The van der Waals surface area contributed by atoms with Crippen LogP contribution in [0.2, 0.25) is 0 Å². The molecule has 0 aliphatic heterocycles. The third-order valence-electron chi connectivity index (χ3n) is 5.48. The molecular formula is C25H29N5O4. The van der Waals surface area contributed by atoms with Crippen LogP contribution in [0.3, 0.4) is 0 Å². The lowest BCUT2D eigenvalue weighted by atomic mass is 10.0. The van der Waals surface area contributed by atoms with Crippen LogP contribution in [-0.2, 0) is 32.0 Å². The molecule has 1 aromatic heterocycles. The summed E-state index contributed by atoms with van der Waals surface area (Å²) in [5.41, 5.74) is 8.70. The van der Waals surface area contributed by atoms with E-state index in [1.54, 1.807) is 0 Å². The highest BCUT2D eigenvalue weighted by molar-refractivity contribution is 5.94. The molecule has 0 aliphatic carbocycles. The highest BCUT2D eigenvalue weighted by atomic mass is 16.2. The molecular weight excluding hydrogens is 434 g/mol. The van der Waals surface area contributed by atoms with Crippen molar-refractivity contribution in [1.82, 2.24) is 20.9 Å². The van der Waals surface area contributed by atoms with Gasteiger partial charge in [-0.15, -0.1) is 0 Å². The molecule has 9 heteroatoms. The number of amides is 4. The summed E-state index contributed by atoms with van der Waals surface area (Å²) < 4.78 is 0. The van der Waals surface area contributed by atoms with Gasteiger partial charge in [0.05, 0.1) is 6.54 Å². The van der Waals surface area contributed by atoms with Gasteiger partial charge in [-0.25, -0.2) is 0 Å². The normalized spacial score (nSPS) is 12.5. The van der Waals surface area contributed by atoms with Crippen LogP contribution in [0.1, 0.15) is 23.7 Å². The van der Waals surface area contributed by atoms with Crippen molar-refractivity contribution >= 4 is 34.5 Å². The first kappa shape index (κ1) is 24.5. The number of hydrogen-bond acceptors (Lipinski definition) is 4. The van der Waals surface area contributed by atoms with Crippen LogP contribution in [0.5, 0.6) is 0 Å². The fourth-order valence-electron chi connectivity index (χ4n) is 3.89. The zero-order valence-electron chi connectivity index (χ0n) is 19.2. The summed E-state index contributed by atoms with van der Waals surface area (Å²) in [6, 6.07) is 15.0. The number of carbonyl (C=O) groups is 4. The maximum Gasteiger partial charge on any atom is 0.243 e. The van der Waals surface area contributed by atoms with Crippen molar-refractivity contribution in [3.8, 4) is 0 Å². The zero-order valence-corrected chi connectivity index (χ0v) is 19.2. The fraction of sp³-hybridized carbons (Fsp3) is 0.280. The quantitative estimate of drug-likeness (QED) is 0.303. The van der Waals surface area contributed by atoms with Gasteiger partial charge in [0.15, 0.2) is 0 Å². The molecule has 0 aliphatic rings. The molecule has 3 aromatic rings. The minimum absolute atomic E-state index is 0.204. The summed E-state index contributed by atoms with van der Waals surface area (Å²) in [4.78, 5) is 52.3. The van der Waals surface area contributed by atoms with E-state index in [1.165, 1.54) is 6.92 Å². The molecule has 3 rings (SSSR count). The van der Waals surface area contributed by atoms with E-state index < -0.39 is 29.8 Å². The monoisotopic (exact) mass is 463 g/mol. The summed E-state index contributed by atoms with van der Waals surface area (Å²) in [6.07, 6.45) is 0.443. The highest BCUT2D eigenvalue weighted by Gasteiger charge is 2.28. The number of para-hydroxylation sites is 1. The second-order valence-corrected chi connectivity index (χ2v) is 8.17. The number of nitrogens with one attached hydrogen (secondary N) is 4. The van der Waals surface area contributed by atoms with Crippen LogP contribution in [0.15, 0.2) is 54.6 Å². The predicted octanol–water partition coefficient (Wildman–Crippen LogP) is 0.853. The second kappa shape index (κ2) is 11.1. The Balaban J connectivity index is 1.83. The first-order valence-corrected chi connectivity index (χ1v) is 11.0. The summed E-state index contributed by atoms with van der Waals surface area (Å²) in [7, 11) is 0. The lowest BCUT2D eigenvalue weighted by Crippen LogP contribution is -2.55. The number of aryl methyl sites for hydroxylation is 1. The molecule has 0 bridgehead atoms. The average Bonchev–Trinajstić information content (AvgIpc) is 3.11. The SMILES string of the molecule is CC(=O)N[C@H](Cc1c(C)[nH]c2ccccc12)C(=O)N[C@@H](Cc1ccccc1)C(=O)NCC(N)=O. The standard InChI is InChI=1S/C25H29N5O4/c1-15-19(18-10-6-7-11-20(18)28-15)13-22(29-16(2)31)25(34)30-21(24(33)27-14-23(26)32)12-17-8-4-3-5-9-17/h3-11,21-22,28H,12-14H2,1-2H3,(H2,26,32)(H,27,33)(H,29,31)(H,30,34)/t21-,22+/m0/s1. The number of benzene rings is 2. The lowest BCUT2D eigenvalue weighted by Gasteiger charge is -2.23. The largest absolute Gasteiger partial charge is 0.368 e. The molecule has 9 nitrogen and oxygen atoms in total. The van der Waals surface area contributed by atoms with Gasteiger partial charge in [-0.05, 0) is 24.1 Å². The summed E-state index contributed by atoms with van der Waals surface area (Å²) in [5, 5.41) is 8.85. The van der Waals surface area contributed by atoms with Crippen LogP contribution in [-0.4, -0.2) is 47.2 Å². The van der Waals surface area contributed by atoms with Crippen molar-refractivity contribution in [2.24, 2.45) is 5.73 Å². The smallest absolute Gasteiger partial charge is 0.243 e. The summed E-state index contributed by atoms with van der Waals surface area (Å²) in [6.45, 7) is 2.90. The first-order valence-electron chi connectivity index (χ1n) is 11.0. The Bertz CT molecular complexity index is 1190. The number of rotatable bonds is 10. The Morgan fingerprint density at radius 1 is 0.882 bits per heavy atom. The topological polar surface area (TPSA) is 146 Å². The number of H-pyrrole nitrogens is 1. The molecule has 0 radical (unpaired) electrons. The van der Waals surface area contributed by atoms with Gasteiger partial charge in [0.2, 0.25) is 23.6 Å². The molecule has 2 aromatic carbocycles. The number of aromatic nitrogens is 1. The van der Waals surface area contributed by atoms with Crippen molar-refractivity contribution in [3.63, 3.8) is 0 Å². The Hall–Kier alpha value is -4.14. The molecule has 0 unspecified atom stereocenters. The van der Waals surface area contributed by atoms with Crippen LogP contribution in [0, 0.1) is 6.92 Å². The van der Waals surface area contributed by atoms with E-state index in [0.29, 0.717) is 0 Å². The number of fused-ring (bicyclic) bond motifs is 1. The van der Waals surface area contributed by atoms with E-state index in [0.717, 1.165) is 27.7 Å². The highest BCUT2D eigenvalue weighted by Crippen LogP contribution is 2.23. The number of aromatic amines is 1. The maximum atomic E-state index is 13.3. The Labute approximate surface area is 197 Å². The number of primary amides is 1. The molecule has 34 heavy (non-hydrogen) atoms. The van der Waals surface area contributed by atoms with Gasteiger partial charge in [-0.2, -0.15) is 0 Å². The third kappa shape index (κ3) is 6.44. The summed E-state index contributed by atoms with van der Waals surface area (Å²) in [5.74, 6) is -2.10. The van der Waals surface area contributed by atoms with E-state index in [-0.39, 0.29) is 25.3 Å². The second-order valence-electron chi connectivity index (χ2n) is 8.17. The molecule has 0 fully saturated rings. The van der Waals surface area contributed by atoms with Crippen molar-refractivity contribution in [2.75, 3.05) is 6.54 Å². The van der Waals surface area contributed by atoms with Crippen LogP contribution >= 0.6 is 0 Å². The molecule has 178 valence electrons. The van der Waals surface area contributed by atoms with Crippen molar-refractivity contribution in [1.29, 1.82) is 0 Å². The van der Waals surface area contributed by atoms with Gasteiger partial charge in [-0.1, -0.05) is 48.5 Å². The van der Waals surface area contributed by atoms with E-state index in [1.807, 2.05) is 61.5 Å². The number of nitrogens with two attached hydrogens (primary N) is 1. The molecule has 6 N–H and O–H groups in total. The average molecular weight is 464 g/mol. The Morgan fingerprint density at radius 2 is 1.53 bits per heavy atom. The number of hydrogen-bond donors (Lipinski definition) is 5. The van der Waals surface area contributed by atoms with Gasteiger partial charge in [0.1, 0.15) is 12.1 Å². The maximum absolute atomic E-state index is 13.3. The molecule has 0 saturated carbocycles. The van der Waals surface area contributed by atoms with Crippen molar-refractivity contribution in [2.45, 2.75) is 38.8 Å². The van der Waals surface area contributed by atoms with E-state index in [2.05, 4.69) is 20.9 Å². The fourth-order valence-corrected chi connectivity index (χ4v) is 3.89. The van der Waals surface area contributed by atoms with Crippen LogP contribution in [0.4, 0.5) is 0 Å². The van der Waals surface area contributed by atoms with Crippen molar-refractivity contribution < 1.29 is 19.2 Å². The van der Waals surface area contributed by atoms with Gasteiger partial charge in [0, 0.05) is 36.4 Å². The number of carbonyl (C=O) groups excluding carboxylic acids is 4. The Morgan fingerprint density at radius 3 is 2.21 bits per heavy atom. The molecule has 2 atom stereocenters. The minimum atomic E-state index is -0.963. The zero-order chi connectivity index (χ0) is 24.7. The van der Waals surface area contributed by atoms with Gasteiger partial charge in [0.25, 0.3) is 0 Å². The molecule has 4 amide bonds. The first-order chi connectivity index (χ1) is 16.2. The predicted molar refractivity (Wildman–Crippen MR) is 129 cm³/mol. The van der Waals surface area contributed by atoms with Crippen LogP contribution < -0.4 is 21.7 Å². The third-order valence-corrected chi connectivity index (χ3v) is 5.48. The lowest BCUT2D eigenvalue weighted by molar-refractivity contribution is -0.132. The van der Waals surface area contributed by atoms with Crippen molar-refractivity contribution in [3.05, 3.63) is 71.4 Å². The van der Waals surface area contributed by atoms with Gasteiger partial charge in [-0.3, -0.25) is 19.2 Å².